The molecule has 0 radical (unpaired) electrons. The summed E-state index contributed by atoms with van der Waals surface area (Å²) in [6.07, 6.45) is 27.6. The van der Waals surface area contributed by atoms with Crippen LogP contribution in [0.5, 0.6) is 5.75 Å². The van der Waals surface area contributed by atoms with Gasteiger partial charge >= 0.3 is 0 Å². The van der Waals surface area contributed by atoms with Crippen molar-refractivity contribution in [1.29, 1.82) is 5.26 Å². The minimum atomic E-state index is -0.322. The van der Waals surface area contributed by atoms with Gasteiger partial charge < -0.3 is 34.9 Å². The molecule has 0 spiro atoms. The summed E-state index contributed by atoms with van der Waals surface area (Å²) in [6, 6.07) is 23.7. The number of H-pyrrole nitrogens is 1. The minimum absolute atomic E-state index is 0.161. The summed E-state index contributed by atoms with van der Waals surface area (Å²) in [6.45, 7) is 2.07. The molecule has 0 saturated carbocycles. The number of phenols is 1. The van der Waals surface area contributed by atoms with Crippen LogP contribution in [-0.2, 0) is 14.1 Å². The Balaban J connectivity index is 0.000000117. The number of fused-ring (bicyclic) bond motifs is 9. The second-order valence-electron chi connectivity index (χ2n) is 26.1. The van der Waals surface area contributed by atoms with Gasteiger partial charge in [0.25, 0.3) is 0 Å². The fraction of sp³-hybridized carbons (Fsp3) is 0.406. The first kappa shape index (κ1) is 61.5. The van der Waals surface area contributed by atoms with Gasteiger partial charge in [-0.3, -0.25) is 24.4 Å². The molecule has 3 aromatic carbocycles. The molecule has 4 bridgehead atoms. The number of rotatable bonds is 10. The highest BCUT2D eigenvalue weighted by molar-refractivity contribution is 7.22. The number of halogens is 1. The second-order valence-corrected chi connectivity index (χ2v) is 29.1. The Kier molecular flexibility index (Phi) is 16.7. The highest BCUT2D eigenvalue weighted by Gasteiger charge is 2.40. The molecule has 4 unspecified atom stereocenters. The summed E-state index contributed by atoms with van der Waals surface area (Å²) in [5, 5.41) is 43.7. The van der Waals surface area contributed by atoms with Crippen LogP contribution in [-0.4, -0.2) is 170 Å². The number of aromatic amines is 1. The summed E-state index contributed by atoms with van der Waals surface area (Å²) in [5.74, 6) is -0.161. The number of aryl methyl sites for hydroxylation is 2. The van der Waals surface area contributed by atoms with E-state index in [2.05, 4.69) is 119 Å². The first-order valence-corrected chi connectivity index (χ1v) is 34.9. The molecule has 0 amide bonds. The Morgan fingerprint density at radius 2 is 1.13 bits per heavy atom. The lowest BCUT2D eigenvalue weighted by Crippen LogP contribution is -2.54. The fourth-order valence-electron chi connectivity index (χ4n) is 14.9. The van der Waals surface area contributed by atoms with E-state index in [-0.39, 0.29) is 11.6 Å². The normalized spacial score (nSPS) is 20.9. The Labute approximate surface area is 556 Å². The minimum Gasteiger partial charge on any atom is -0.507 e. The van der Waals surface area contributed by atoms with Gasteiger partial charge in [0.05, 0.1) is 56.8 Å². The second kappa shape index (κ2) is 25.6. The van der Waals surface area contributed by atoms with E-state index in [0.29, 0.717) is 70.3 Å². The smallest absolute Gasteiger partial charge is 0.191 e. The Hall–Kier alpha value is -8.64. The first-order valence-electron chi connectivity index (χ1n) is 32.5. The number of aromatic hydroxyl groups is 1. The quantitative estimate of drug-likeness (QED) is 0.116. The molecular formula is C69H75FN20OS3. The monoisotopic (exact) mass is 1310 g/mol. The van der Waals surface area contributed by atoms with Crippen LogP contribution in [0.2, 0.25) is 0 Å². The molecule has 0 aliphatic carbocycles. The van der Waals surface area contributed by atoms with E-state index >= 15 is 0 Å². The molecule has 14 heterocycles. The molecule has 3 N–H and O–H groups in total. The van der Waals surface area contributed by atoms with Crippen LogP contribution in [0.25, 0.3) is 97.6 Å². The van der Waals surface area contributed by atoms with Gasteiger partial charge in [-0.15, -0.1) is 0 Å². The number of anilines is 3. The summed E-state index contributed by atoms with van der Waals surface area (Å²) >= 11 is 4.98. The predicted molar refractivity (Wildman–Crippen MR) is 374 cm³/mol. The molecule has 21 nitrogen and oxygen atoms in total. The van der Waals surface area contributed by atoms with Crippen molar-refractivity contribution in [3.63, 3.8) is 0 Å². The van der Waals surface area contributed by atoms with E-state index < -0.39 is 0 Å². The van der Waals surface area contributed by atoms with Gasteiger partial charge in [-0.05, 0) is 145 Å². The van der Waals surface area contributed by atoms with Gasteiger partial charge in [0.15, 0.2) is 31.7 Å². The highest BCUT2D eigenvalue weighted by atomic mass is 32.1. The molecule has 9 aromatic heterocycles. The third kappa shape index (κ3) is 12.1. The molecule has 12 aromatic rings. The van der Waals surface area contributed by atoms with Gasteiger partial charge in [-0.2, -0.15) is 25.5 Å². The van der Waals surface area contributed by atoms with E-state index in [1.165, 1.54) is 70.3 Å². The van der Waals surface area contributed by atoms with Gasteiger partial charge in [0.2, 0.25) is 0 Å². The SMILES string of the molecule is CN(c1nc2cnc(-c3cc(C#N)c4nn(C)cc4c3)cc2s1)C1CC2CCCC(C1)N2C.CN(c1nc2cnc(-c3cc(F)c4nn(C)cc4c3)cc2s1)C1CC2CCCC(C1)N2C.CN(c1nc2ncc(-c3ccc(-c4cn[nH]c4)cc3O)nc2s1)C1CCNCC1. The van der Waals surface area contributed by atoms with E-state index in [9.17, 15) is 14.8 Å². The third-order valence-electron chi connectivity index (χ3n) is 20.3. The molecule has 5 saturated heterocycles. The summed E-state index contributed by atoms with van der Waals surface area (Å²) < 4.78 is 20.2. The number of aromatic nitrogens is 13. The van der Waals surface area contributed by atoms with E-state index in [0.717, 1.165) is 117 Å². The Morgan fingerprint density at radius 1 is 0.574 bits per heavy atom. The van der Waals surface area contributed by atoms with Crippen molar-refractivity contribution in [3.8, 4) is 56.7 Å². The lowest BCUT2D eigenvalue weighted by atomic mass is 9.82. The molecule has 4 atom stereocenters. The number of phenolic OH excluding ortho intramolecular Hbond substituents is 1. The molecular weight excluding hydrogens is 1240 g/mol. The number of pyridine rings is 2. The van der Waals surface area contributed by atoms with Crippen LogP contribution in [0, 0.1) is 17.1 Å². The largest absolute Gasteiger partial charge is 0.507 e. The summed E-state index contributed by atoms with van der Waals surface area (Å²) in [5.41, 5.74) is 10.6. The Morgan fingerprint density at radius 3 is 1.69 bits per heavy atom. The van der Waals surface area contributed by atoms with Crippen molar-refractivity contribution in [2.24, 2.45) is 14.1 Å². The molecule has 25 heteroatoms. The first-order chi connectivity index (χ1) is 45.6. The third-order valence-corrected chi connectivity index (χ3v) is 23.6. The standard InChI is InChI=1S/C25H27N7S.C24H27FN6S.C20H21N7OS/c1-30-14-17-8-15(7-16(12-26)24(17)29-30)21-11-23-22(13-27-21)28-25(33-23)32(3)20-9-18-5-4-6-19(10-20)31(18)2;1-29-13-15-7-14(8-19(25)23(15)28-29)20-11-22-21(12-26-20)27-24(32-22)31(3)18-9-16-5-4-6-17(10-18)30(16)2;1-27(14-4-6-21-7-5-14)20-26-18-19(29-20)25-16(11-22-18)15-3-2-12(8-17(15)28)13-9-23-24-10-13/h7-8,11,13-14,18-20H,4-6,9-10H2,1-3H3;7-8,11-13,16-18H,4-6,9-10H2,1-3H3;2-3,8-11,14,21,28H,4-7H2,1H3,(H,23,24). The van der Waals surface area contributed by atoms with E-state index in [1.54, 1.807) is 75.1 Å². The lowest BCUT2D eigenvalue weighted by Gasteiger charge is -2.49. The van der Waals surface area contributed by atoms with Crippen molar-refractivity contribution in [3.05, 3.63) is 109 Å². The molecule has 94 heavy (non-hydrogen) atoms. The predicted octanol–water partition coefficient (Wildman–Crippen LogP) is 12.4. The van der Waals surface area contributed by atoms with Gasteiger partial charge in [0.1, 0.15) is 33.9 Å². The maximum Gasteiger partial charge on any atom is 0.191 e. The number of benzene rings is 3. The van der Waals surface area contributed by atoms with Crippen molar-refractivity contribution in [1.82, 2.24) is 79.8 Å². The van der Waals surface area contributed by atoms with Crippen molar-refractivity contribution in [2.45, 2.75) is 119 Å². The fourth-order valence-corrected chi connectivity index (χ4v) is 17.8. The van der Waals surface area contributed by atoms with E-state index in [4.69, 9.17) is 19.9 Å². The Bertz CT molecular complexity index is 4770. The molecule has 5 fully saturated rings. The van der Waals surface area contributed by atoms with Crippen LogP contribution in [0.15, 0.2) is 98.0 Å². The van der Waals surface area contributed by atoms with E-state index in [1.807, 2.05) is 62.2 Å². The zero-order valence-corrected chi connectivity index (χ0v) is 56.2. The van der Waals surface area contributed by atoms with Gasteiger partial charge in [-0.25, -0.2) is 24.3 Å². The van der Waals surface area contributed by atoms with Crippen LogP contribution in [0.1, 0.15) is 82.6 Å². The maximum atomic E-state index is 14.6. The zero-order chi connectivity index (χ0) is 64.5. The number of thiazole rings is 3. The number of hydrogen-bond donors (Lipinski definition) is 3. The maximum absolute atomic E-state index is 14.6. The lowest BCUT2D eigenvalue weighted by molar-refractivity contribution is 0.0559. The number of nitrogens with one attached hydrogen (secondary N) is 2. The van der Waals surface area contributed by atoms with Crippen LogP contribution < -0.4 is 20.0 Å². The topological polar surface area (TPSA) is 227 Å². The van der Waals surface area contributed by atoms with Crippen LogP contribution in [0.3, 0.4) is 0 Å². The average Bonchev–Trinajstić information content (AvgIpc) is 1.39. The summed E-state index contributed by atoms with van der Waals surface area (Å²) in [7, 11) is 14.7. The average molecular weight is 1320 g/mol. The van der Waals surface area contributed by atoms with Crippen LogP contribution in [0.4, 0.5) is 19.8 Å². The molecule has 5 aliphatic rings. The van der Waals surface area contributed by atoms with Crippen LogP contribution >= 0.6 is 34.0 Å². The molecule has 17 rings (SSSR count). The van der Waals surface area contributed by atoms with Gasteiger partial charge in [0, 0.05) is 129 Å². The molecule has 482 valence electrons. The van der Waals surface area contributed by atoms with Crippen molar-refractivity contribution < 1.29 is 9.50 Å². The summed E-state index contributed by atoms with van der Waals surface area (Å²) in [4.78, 5) is 46.0. The molecule has 5 aliphatic heterocycles. The van der Waals surface area contributed by atoms with Crippen molar-refractivity contribution >= 4 is 102 Å². The van der Waals surface area contributed by atoms with Crippen molar-refractivity contribution in [2.75, 3.05) is 63.0 Å². The zero-order valence-electron chi connectivity index (χ0n) is 53.8. The number of piperidine rings is 5. The number of hydrogen-bond acceptors (Lipinski definition) is 21. The number of nitrogens with zero attached hydrogens (tertiary/aromatic N) is 18. The highest BCUT2D eigenvalue weighted by Crippen LogP contribution is 2.42. The van der Waals surface area contributed by atoms with Gasteiger partial charge in [-0.1, -0.05) is 52.9 Å². The number of nitriles is 1.